The molecule has 4 heteroatoms. The highest BCUT2D eigenvalue weighted by Gasteiger charge is 2.12. The van der Waals surface area contributed by atoms with Crippen molar-refractivity contribution in [3.63, 3.8) is 0 Å². The Morgan fingerprint density at radius 2 is 1.71 bits per heavy atom. The zero-order valence-electron chi connectivity index (χ0n) is 8.56. The number of non-ortho nitro benzene ring substituents is 1. The maximum atomic E-state index is 10.4. The van der Waals surface area contributed by atoms with Crippen LogP contribution in [0.25, 0.3) is 0 Å². The third-order valence-electron chi connectivity index (χ3n) is 2.56. The Morgan fingerprint density at radius 1 is 1.21 bits per heavy atom. The molecule has 0 N–H and O–H groups in total. The van der Waals surface area contributed by atoms with Crippen LogP contribution in [0.3, 0.4) is 0 Å². The summed E-state index contributed by atoms with van der Waals surface area (Å²) in [6.07, 6.45) is 2.16. The Labute approximate surface area is 84.4 Å². The van der Waals surface area contributed by atoms with Crippen molar-refractivity contribution in [2.45, 2.75) is 26.5 Å². The lowest BCUT2D eigenvalue weighted by Gasteiger charge is -2.07. The third-order valence-corrected chi connectivity index (χ3v) is 2.56. The van der Waals surface area contributed by atoms with Crippen LogP contribution in [0.4, 0.5) is 5.69 Å². The Kier molecular flexibility index (Phi) is 3.68. The summed E-state index contributed by atoms with van der Waals surface area (Å²) in [4.78, 5) is 10.1. The molecule has 0 saturated heterocycles. The number of benzene rings is 1. The molecule has 74 valence electrons. The van der Waals surface area contributed by atoms with Crippen molar-refractivity contribution in [1.29, 1.82) is 0 Å². The van der Waals surface area contributed by atoms with Crippen molar-refractivity contribution >= 4 is 17.9 Å². The first kappa shape index (κ1) is 10.8. The second-order valence-corrected chi connectivity index (χ2v) is 3.36. The minimum Gasteiger partial charge on any atom is -0.258 e. The van der Waals surface area contributed by atoms with Crippen LogP contribution in [0, 0.1) is 10.1 Å². The van der Waals surface area contributed by atoms with Crippen LogP contribution in [0.1, 0.15) is 13.8 Å². The molecular weight excluding hydrogens is 177 g/mol. The number of nitrogens with zero attached hydrogens (tertiary/aromatic N) is 1. The van der Waals surface area contributed by atoms with Gasteiger partial charge in [0.1, 0.15) is 0 Å². The number of rotatable bonds is 4. The second kappa shape index (κ2) is 4.79. The molecule has 14 heavy (non-hydrogen) atoms. The van der Waals surface area contributed by atoms with Gasteiger partial charge < -0.3 is 0 Å². The first-order valence-electron chi connectivity index (χ1n) is 4.93. The Bertz CT molecular complexity index is 306. The number of hydrogen-bond acceptors (Lipinski definition) is 2. The molecule has 0 aromatic heterocycles. The third kappa shape index (κ3) is 2.34. The minimum atomic E-state index is -0.364. The molecule has 1 aromatic carbocycles. The van der Waals surface area contributed by atoms with Gasteiger partial charge in [-0.25, -0.2) is 0 Å². The summed E-state index contributed by atoms with van der Waals surface area (Å²) in [5.74, 6) is 0. The Morgan fingerprint density at radius 3 is 2.07 bits per heavy atom. The minimum absolute atomic E-state index is 0.166. The molecule has 0 heterocycles. The summed E-state index contributed by atoms with van der Waals surface area (Å²) >= 11 is 0. The lowest BCUT2D eigenvalue weighted by atomic mass is 9.41. The summed E-state index contributed by atoms with van der Waals surface area (Å²) in [6.45, 7) is 4.79. The zero-order chi connectivity index (χ0) is 10.6. The fourth-order valence-electron chi connectivity index (χ4n) is 1.63. The molecule has 0 spiro atoms. The van der Waals surface area contributed by atoms with Gasteiger partial charge in [-0.05, 0) is 0 Å². The van der Waals surface area contributed by atoms with Gasteiger partial charge in [-0.2, -0.15) is 0 Å². The lowest BCUT2D eigenvalue weighted by molar-refractivity contribution is -0.384. The number of nitro groups is 1. The van der Waals surface area contributed by atoms with E-state index in [4.69, 9.17) is 0 Å². The molecule has 0 aliphatic rings. The molecule has 0 bridgehead atoms. The van der Waals surface area contributed by atoms with E-state index in [1.54, 1.807) is 12.1 Å². The summed E-state index contributed by atoms with van der Waals surface area (Å²) in [7, 11) is 0. The molecule has 1 rings (SSSR count). The van der Waals surface area contributed by atoms with E-state index in [0.717, 1.165) is 12.6 Å². The standard InChI is InChI=1S/C10H14BNO2/c1-3-11(4-2)9-5-7-10(8-6-9)12(13)14/h5-8H,3-4H2,1-2H3. The molecule has 0 aliphatic carbocycles. The average molecular weight is 191 g/mol. The van der Waals surface area contributed by atoms with Crippen molar-refractivity contribution < 1.29 is 4.92 Å². The van der Waals surface area contributed by atoms with Gasteiger partial charge in [0.2, 0.25) is 0 Å². The van der Waals surface area contributed by atoms with Crippen LogP contribution in [-0.2, 0) is 0 Å². The lowest BCUT2D eigenvalue weighted by Crippen LogP contribution is -2.27. The van der Waals surface area contributed by atoms with E-state index in [2.05, 4.69) is 13.8 Å². The molecule has 0 aliphatic heterocycles. The van der Waals surface area contributed by atoms with Gasteiger partial charge in [-0.15, -0.1) is 0 Å². The second-order valence-electron chi connectivity index (χ2n) is 3.36. The molecule has 0 unspecified atom stereocenters. The van der Waals surface area contributed by atoms with Crippen LogP contribution < -0.4 is 5.46 Å². The SMILES string of the molecule is CCB(CC)c1ccc([N+](=O)[O-])cc1. The first-order valence-corrected chi connectivity index (χ1v) is 4.93. The summed E-state index contributed by atoms with van der Waals surface area (Å²) < 4.78 is 0. The molecule has 0 atom stereocenters. The molecule has 0 radical (unpaired) electrons. The highest BCUT2D eigenvalue weighted by Crippen LogP contribution is 2.09. The topological polar surface area (TPSA) is 43.1 Å². The van der Waals surface area contributed by atoms with Crippen LogP contribution in [0.15, 0.2) is 24.3 Å². The molecular formula is C10H14BNO2. The predicted molar refractivity (Wildman–Crippen MR) is 59.4 cm³/mol. The molecule has 0 amide bonds. The first-order chi connectivity index (χ1) is 6.69. The van der Waals surface area contributed by atoms with Crippen molar-refractivity contribution in [3.05, 3.63) is 34.4 Å². The van der Waals surface area contributed by atoms with E-state index in [0.29, 0.717) is 6.71 Å². The van der Waals surface area contributed by atoms with Gasteiger partial charge >= 0.3 is 0 Å². The molecule has 0 fully saturated rings. The van der Waals surface area contributed by atoms with E-state index < -0.39 is 0 Å². The van der Waals surface area contributed by atoms with Gasteiger partial charge in [0.25, 0.3) is 5.69 Å². The molecule has 3 nitrogen and oxygen atoms in total. The Balaban J connectivity index is 2.87. The van der Waals surface area contributed by atoms with Crippen LogP contribution in [0.5, 0.6) is 0 Å². The van der Waals surface area contributed by atoms with Gasteiger partial charge in [-0.1, -0.05) is 44.1 Å². The number of nitro benzene ring substituents is 1. The van der Waals surface area contributed by atoms with Gasteiger partial charge in [0.15, 0.2) is 6.71 Å². The average Bonchev–Trinajstić information content (AvgIpc) is 2.20. The largest absolute Gasteiger partial charge is 0.269 e. The van der Waals surface area contributed by atoms with E-state index in [1.807, 2.05) is 12.1 Å². The van der Waals surface area contributed by atoms with Crippen molar-refractivity contribution in [2.24, 2.45) is 0 Å². The molecule has 0 saturated carbocycles. The monoisotopic (exact) mass is 191 g/mol. The van der Waals surface area contributed by atoms with Gasteiger partial charge in [0, 0.05) is 12.1 Å². The maximum Gasteiger partial charge on any atom is 0.269 e. The fourth-order valence-corrected chi connectivity index (χ4v) is 1.63. The molecule has 1 aromatic rings. The highest BCUT2D eigenvalue weighted by atomic mass is 16.6. The summed E-state index contributed by atoms with van der Waals surface area (Å²) in [5.41, 5.74) is 1.36. The quantitative estimate of drug-likeness (QED) is 0.416. The summed E-state index contributed by atoms with van der Waals surface area (Å²) in [5, 5.41) is 10.4. The van der Waals surface area contributed by atoms with Crippen LogP contribution in [-0.4, -0.2) is 11.6 Å². The number of hydrogen-bond donors (Lipinski definition) is 0. The van der Waals surface area contributed by atoms with E-state index >= 15 is 0 Å². The van der Waals surface area contributed by atoms with E-state index in [-0.39, 0.29) is 10.6 Å². The predicted octanol–water partition coefficient (Wildman–Crippen LogP) is 2.34. The summed E-state index contributed by atoms with van der Waals surface area (Å²) in [6, 6.07) is 6.87. The fraction of sp³-hybridized carbons (Fsp3) is 0.400. The van der Waals surface area contributed by atoms with E-state index in [9.17, 15) is 10.1 Å². The Hall–Kier alpha value is -1.32. The van der Waals surface area contributed by atoms with Crippen molar-refractivity contribution in [3.8, 4) is 0 Å². The van der Waals surface area contributed by atoms with Gasteiger partial charge in [0.05, 0.1) is 4.92 Å². The van der Waals surface area contributed by atoms with Crippen LogP contribution in [0.2, 0.25) is 12.6 Å². The van der Waals surface area contributed by atoms with Crippen molar-refractivity contribution in [1.82, 2.24) is 0 Å². The smallest absolute Gasteiger partial charge is 0.258 e. The zero-order valence-corrected chi connectivity index (χ0v) is 8.56. The van der Waals surface area contributed by atoms with E-state index in [1.165, 1.54) is 5.46 Å². The van der Waals surface area contributed by atoms with Crippen molar-refractivity contribution in [2.75, 3.05) is 0 Å². The normalized spacial score (nSPS) is 9.86. The maximum absolute atomic E-state index is 10.4. The van der Waals surface area contributed by atoms with Gasteiger partial charge in [-0.3, -0.25) is 10.1 Å². The highest BCUT2D eigenvalue weighted by molar-refractivity contribution is 6.73. The van der Waals surface area contributed by atoms with Crippen LogP contribution >= 0.6 is 0 Å².